The second kappa shape index (κ2) is 6.93. The van der Waals surface area contributed by atoms with Crippen LogP contribution in [0.25, 0.3) is 0 Å². The molecule has 0 aliphatic rings. The highest BCUT2D eigenvalue weighted by Crippen LogP contribution is 2.15. The van der Waals surface area contributed by atoms with Crippen molar-refractivity contribution in [2.24, 2.45) is 0 Å². The lowest BCUT2D eigenvalue weighted by atomic mass is 10.2. The van der Waals surface area contributed by atoms with Gasteiger partial charge in [-0.25, -0.2) is 0 Å². The highest BCUT2D eigenvalue weighted by Gasteiger charge is 2.15. The molecule has 1 heterocycles. The molecule has 1 amide bonds. The van der Waals surface area contributed by atoms with Gasteiger partial charge in [-0.3, -0.25) is 9.59 Å². The zero-order chi connectivity index (χ0) is 16.1. The maximum Gasteiger partial charge on any atom is 0.260 e. The first-order chi connectivity index (χ1) is 10.5. The van der Waals surface area contributed by atoms with Crippen molar-refractivity contribution >= 4 is 5.91 Å². The summed E-state index contributed by atoms with van der Waals surface area (Å²) in [6.45, 7) is 4.52. The maximum absolute atomic E-state index is 12.2. The molecular weight excluding hydrogens is 280 g/mol. The fourth-order valence-corrected chi connectivity index (χ4v) is 2.06. The Balaban J connectivity index is 1.94. The van der Waals surface area contributed by atoms with E-state index in [1.165, 1.54) is 4.90 Å². The number of pyridine rings is 1. The number of aromatic nitrogens is 1. The van der Waals surface area contributed by atoms with Gasteiger partial charge in [0.05, 0.1) is 6.54 Å². The van der Waals surface area contributed by atoms with E-state index in [0.717, 1.165) is 17.0 Å². The molecule has 116 valence electrons. The van der Waals surface area contributed by atoms with Gasteiger partial charge in [-0.2, -0.15) is 0 Å². The third-order valence-corrected chi connectivity index (χ3v) is 3.41. The molecule has 0 unspecified atom stereocenters. The number of hydrogen-bond donors (Lipinski definition) is 1. The minimum atomic E-state index is -0.364. The molecule has 1 aromatic carbocycles. The molecule has 2 rings (SSSR count). The van der Waals surface area contributed by atoms with Crippen LogP contribution in [0.1, 0.15) is 21.6 Å². The summed E-state index contributed by atoms with van der Waals surface area (Å²) in [7, 11) is 1.66. The van der Waals surface area contributed by atoms with Gasteiger partial charge in [-0.15, -0.1) is 0 Å². The maximum atomic E-state index is 12.2. The highest BCUT2D eigenvalue weighted by atomic mass is 16.5. The number of aryl methyl sites for hydroxylation is 2. The Labute approximate surface area is 129 Å². The number of benzene rings is 1. The van der Waals surface area contributed by atoms with Gasteiger partial charge in [0, 0.05) is 12.7 Å². The molecule has 1 N–H and O–H groups in total. The number of nitrogens with one attached hydrogen (secondary N) is 1. The average molecular weight is 300 g/mol. The number of ether oxygens (including phenoxy) is 1. The number of hydrogen-bond acceptors (Lipinski definition) is 3. The van der Waals surface area contributed by atoms with Crippen molar-refractivity contribution in [3.05, 3.63) is 63.6 Å². The van der Waals surface area contributed by atoms with Crippen molar-refractivity contribution in [3.8, 4) is 5.75 Å². The van der Waals surface area contributed by atoms with E-state index < -0.39 is 0 Å². The number of nitrogens with zero attached hydrogens (tertiary/aromatic N) is 1. The van der Waals surface area contributed by atoms with Crippen molar-refractivity contribution in [1.82, 2.24) is 9.88 Å². The average Bonchev–Trinajstić information content (AvgIpc) is 2.48. The van der Waals surface area contributed by atoms with Crippen LogP contribution >= 0.6 is 0 Å². The fraction of sp³-hybridized carbons (Fsp3) is 0.294. The summed E-state index contributed by atoms with van der Waals surface area (Å²) in [6.07, 6.45) is 0. The second-order valence-corrected chi connectivity index (χ2v) is 5.22. The number of amides is 1. The molecule has 0 aliphatic heterocycles. The molecule has 5 nitrogen and oxygen atoms in total. The minimum absolute atomic E-state index is 0.143. The van der Waals surface area contributed by atoms with Crippen molar-refractivity contribution in [2.45, 2.75) is 13.8 Å². The van der Waals surface area contributed by atoms with Gasteiger partial charge < -0.3 is 14.6 Å². The summed E-state index contributed by atoms with van der Waals surface area (Å²) < 4.78 is 5.66. The quantitative estimate of drug-likeness (QED) is 0.920. The number of carbonyl (C=O) groups is 1. The van der Waals surface area contributed by atoms with E-state index in [0.29, 0.717) is 13.2 Å². The normalized spacial score (nSPS) is 10.3. The van der Waals surface area contributed by atoms with Crippen molar-refractivity contribution in [1.29, 1.82) is 0 Å². The van der Waals surface area contributed by atoms with Crippen LogP contribution in [0.4, 0.5) is 0 Å². The third-order valence-electron chi connectivity index (χ3n) is 3.41. The molecule has 0 aliphatic carbocycles. The van der Waals surface area contributed by atoms with Gasteiger partial charge in [-0.1, -0.05) is 18.2 Å². The molecule has 1 aromatic heterocycles. The van der Waals surface area contributed by atoms with Gasteiger partial charge >= 0.3 is 0 Å². The summed E-state index contributed by atoms with van der Waals surface area (Å²) in [6, 6.07) is 11.0. The van der Waals surface area contributed by atoms with E-state index in [4.69, 9.17) is 4.74 Å². The van der Waals surface area contributed by atoms with Gasteiger partial charge in [0.2, 0.25) is 0 Å². The number of carbonyl (C=O) groups excluding carboxylic acids is 1. The van der Waals surface area contributed by atoms with E-state index in [2.05, 4.69) is 4.98 Å². The standard InChI is InChI=1S/C17H20N2O3/c1-12-6-4-5-7-15(12)22-11-10-19(3)17(21)14-9-8-13(2)18-16(14)20/h4-9H,10-11H2,1-3H3,(H,18,20). The Hall–Kier alpha value is -2.56. The summed E-state index contributed by atoms with van der Waals surface area (Å²) in [5, 5.41) is 0. The Morgan fingerprint density at radius 3 is 2.59 bits per heavy atom. The zero-order valence-corrected chi connectivity index (χ0v) is 13.1. The van der Waals surface area contributed by atoms with Gasteiger partial charge in [-0.05, 0) is 37.6 Å². The molecule has 0 saturated carbocycles. The number of H-pyrrole nitrogens is 1. The lowest BCUT2D eigenvalue weighted by molar-refractivity contribution is 0.0772. The smallest absolute Gasteiger partial charge is 0.260 e. The Kier molecular flexibility index (Phi) is 4.99. The predicted octanol–water partition coefficient (Wildman–Crippen LogP) is 2.14. The predicted molar refractivity (Wildman–Crippen MR) is 85.4 cm³/mol. The van der Waals surface area contributed by atoms with Gasteiger partial charge in [0.25, 0.3) is 11.5 Å². The van der Waals surface area contributed by atoms with Crippen LogP contribution < -0.4 is 10.3 Å². The topological polar surface area (TPSA) is 62.4 Å². The second-order valence-electron chi connectivity index (χ2n) is 5.22. The fourth-order valence-electron chi connectivity index (χ4n) is 2.06. The number of rotatable bonds is 5. The third kappa shape index (κ3) is 3.75. The van der Waals surface area contributed by atoms with Crippen LogP contribution in [0, 0.1) is 13.8 Å². The Morgan fingerprint density at radius 1 is 1.18 bits per heavy atom. The molecule has 0 fully saturated rings. The molecule has 22 heavy (non-hydrogen) atoms. The molecule has 0 bridgehead atoms. The van der Waals surface area contributed by atoms with Crippen molar-refractivity contribution < 1.29 is 9.53 Å². The van der Waals surface area contributed by atoms with E-state index in [1.54, 1.807) is 26.1 Å². The van der Waals surface area contributed by atoms with Crippen LogP contribution in [0.3, 0.4) is 0 Å². The number of para-hydroxylation sites is 1. The minimum Gasteiger partial charge on any atom is -0.491 e. The Morgan fingerprint density at radius 2 is 1.91 bits per heavy atom. The molecule has 0 saturated heterocycles. The monoisotopic (exact) mass is 300 g/mol. The van der Waals surface area contributed by atoms with Crippen LogP contribution in [0.2, 0.25) is 0 Å². The largest absolute Gasteiger partial charge is 0.491 e. The molecule has 0 spiro atoms. The van der Waals surface area contributed by atoms with E-state index >= 15 is 0 Å². The SMILES string of the molecule is Cc1ccc(C(=O)N(C)CCOc2ccccc2C)c(=O)[nH]1. The van der Waals surface area contributed by atoms with E-state index in [1.807, 2.05) is 31.2 Å². The first-order valence-corrected chi connectivity index (χ1v) is 7.13. The van der Waals surface area contributed by atoms with Crippen molar-refractivity contribution in [3.63, 3.8) is 0 Å². The first kappa shape index (κ1) is 15.8. The van der Waals surface area contributed by atoms with Crippen LogP contribution in [0.15, 0.2) is 41.2 Å². The lowest BCUT2D eigenvalue weighted by Gasteiger charge is -2.17. The van der Waals surface area contributed by atoms with Gasteiger partial charge in [0.15, 0.2) is 0 Å². The molecule has 0 atom stereocenters. The first-order valence-electron chi connectivity index (χ1n) is 7.13. The summed E-state index contributed by atoms with van der Waals surface area (Å²) in [5.41, 5.74) is 1.55. The molecule has 5 heteroatoms. The van der Waals surface area contributed by atoms with Crippen molar-refractivity contribution in [2.75, 3.05) is 20.2 Å². The number of likely N-dealkylation sites (N-methyl/N-ethyl adjacent to an activating group) is 1. The van der Waals surface area contributed by atoms with Crippen LogP contribution in [0.5, 0.6) is 5.75 Å². The summed E-state index contributed by atoms with van der Waals surface area (Å²) >= 11 is 0. The number of aromatic amines is 1. The molecule has 0 radical (unpaired) electrons. The summed E-state index contributed by atoms with van der Waals surface area (Å²) in [5.74, 6) is 0.492. The van der Waals surface area contributed by atoms with E-state index in [9.17, 15) is 9.59 Å². The highest BCUT2D eigenvalue weighted by molar-refractivity contribution is 5.93. The van der Waals surface area contributed by atoms with E-state index in [-0.39, 0.29) is 17.0 Å². The Bertz CT molecular complexity index is 722. The lowest BCUT2D eigenvalue weighted by Crippen LogP contribution is -2.34. The van der Waals surface area contributed by atoms with Crippen LogP contribution in [-0.2, 0) is 0 Å². The molecular formula is C17H20N2O3. The summed E-state index contributed by atoms with van der Waals surface area (Å²) in [4.78, 5) is 28.1. The zero-order valence-electron chi connectivity index (χ0n) is 13.1. The molecule has 2 aromatic rings. The van der Waals surface area contributed by atoms with Gasteiger partial charge in [0.1, 0.15) is 17.9 Å². The van der Waals surface area contributed by atoms with Crippen LogP contribution in [-0.4, -0.2) is 36.0 Å².